The lowest BCUT2D eigenvalue weighted by Gasteiger charge is -2.16. The molecule has 1 saturated carbocycles. The van der Waals surface area contributed by atoms with Crippen molar-refractivity contribution in [3.63, 3.8) is 0 Å². The van der Waals surface area contributed by atoms with Crippen molar-refractivity contribution in [3.05, 3.63) is 34.3 Å². The summed E-state index contributed by atoms with van der Waals surface area (Å²) in [7, 11) is 0. The fourth-order valence-electron chi connectivity index (χ4n) is 3.79. The molecule has 1 saturated heterocycles. The molecule has 25 heavy (non-hydrogen) atoms. The van der Waals surface area contributed by atoms with E-state index in [9.17, 15) is 9.59 Å². The molecule has 0 bridgehead atoms. The Morgan fingerprint density at radius 2 is 2.32 bits per heavy atom. The molecule has 8 nitrogen and oxygen atoms in total. The number of amides is 1. The van der Waals surface area contributed by atoms with Crippen LogP contribution in [0.2, 0.25) is 0 Å². The number of hydrogen-bond acceptors (Lipinski definition) is 5. The van der Waals surface area contributed by atoms with Gasteiger partial charge >= 0.3 is 5.76 Å². The van der Waals surface area contributed by atoms with Gasteiger partial charge in [0.15, 0.2) is 5.82 Å². The largest absolute Gasteiger partial charge is 0.438 e. The number of likely N-dealkylation sites (tertiary alicyclic amines) is 1. The smallest absolute Gasteiger partial charge is 0.342 e. The second kappa shape index (κ2) is 6.16. The molecule has 1 unspecified atom stereocenters. The van der Waals surface area contributed by atoms with Gasteiger partial charge in [0.2, 0.25) is 5.91 Å². The van der Waals surface area contributed by atoms with Crippen molar-refractivity contribution in [1.82, 2.24) is 24.8 Å². The predicted octanol–water partition coefficient (Wildman–Crippen LogP) is 1.33. The Balaban J connectivity index is 1.39. The zero-order valence-corrected chi connectivity index (χ0v) is 14.5. The van der Waals surface area contributed by atoms with Crippen molar-refractivity contribution in [2.75, 3.05) is 13.1 Å². The molecule has 2 aromatic heterocycles. The van der Waals surface area contributed by atoms with Crippen LogP contribution in [0.4, 0.5) is 0 Å². The first kappa shape index (κ1) is 16.1. The molecule has 2 fully saturated rings. The van der Waals surface area contributed by atoms with E-state index in [0.29, 0.717) is 24.8 Å². The number of hydrogen-bond donors (Lipinski definition) is 1. The SMILES string of the molecule is CC(C)Cn1nccc1[C@@H]1C[C@H]1C(=O)N1CCC(c2noc(=O)[nH]2)C1. The van der Waals surface area contributed by atoms with Crippen molar-refractivity contribution < 1.29 is 9.32 Å². The standard InChI is InChI=1S/C17H23N5O3/c1-10(2)8-22-14(3-5-18-22)12-7-13(12)16(23)21-6-4-11(9-21)15-19-17(24)25-20-15/h3,5,10-13H,4,6-9H2,1-2H3,(H,19,20,24)/t11?,12-,13-/m1/s1. The molecular weight excluding hydrogens is 322 g/mol. The van der Waals surface area contributed by atoms with Gasteiger partial charge in [0.1, 0.15) is 0 Å². The number of aromatic amines is 1. The van der Waals surface area contributed by atoms with E-state index in [1.807, 2.05) is 21.8 Å². The summed E-state index contributed by atoms with van der Waals surface area (Å²) in [5, 5.41) is 8.16. The average Bonchev–Trinajstić information content (AvgIpc) is 2.97. The summed E-state index contributed by atoms with van der Waals surface area (Å²) < 4.78 is 6.61. The quantitative estimate of drug-likeness (QED) is 0.882. The molecule has 0 aromatic carbocycles. The van der Waals surface area contributed by atoms with E-state index in [1.54, 1.807) is 0 Å². The Morgan fingerprint density at radius 3 is 3.04 bits per heavy atom. The topological polar surface area (TPSA) is 97.0 Å². The zero-order valence-electron chi connectivity index (χ0n) is 14.5. The molecule has 2 aliphatic rings. The van der Waals surface area contributed by atoms with Gasteiger partial charge < -0.3 is 4.90 Å². The maximum absolute atomic E-state index is 12.8. The summed E-state index contributed by atoms with van der Waals surface area (Å²) in [6.07, 6.45) is 3.52. The van der Waals surface area contributed by atoms with Gasteiger partial charge in [0, 0.05) is 49.3 Å². The first-order valence-electron chi connectivity index (χ1n) is 8.89. The highest BCUT2D eigenvalue weighted by Gasteiger charge is 2.48. The highest BCUT2D eigenvalue weighted by Crippen LogP contribution is 2.49. The van der Waals surface area contributed by atoms with E-state index in [2.05, 4.69) is 33.6 Å². The minimum absolute atomic E-state index is 0.0534. The van der Waals surface area contributed by atoms with Crippen molar-refractivity contribution in [2.45, 2.75) is 45.1 Å². The molecule has 1 aliphatic heterocycles. The lowest BCUT2D eigenvalue weighted by Crippen LogP contribution is -2.30. The monoisotopic (exact) mass is 345 g/mol. The number of nitrogens with one attached hydrogen (secondary N) is 1. The molecule has 3 heterocycles. The molecule has 0 radical (unpaired) electrons. The van der Waals surface area contributed by atoms with Crippen molar-refractivity contribution in [1.29, 1.82) is 0 Å². The van der Waals surface area contributed by atoms with Gasteiger partial charge in [-0.15, -0.1) is 0 Å². The maximum Gasteiger partial charge on any atom is 0.438 e. The Hall–Kier alpha value is -2.38. The van der Waals surface area contributed by atoms with Crippen molar-refractivity contribution in [3.8, 4) is 0 Å². The lowest BCUT2D eigenvalue weighted by molar-refractivity contribution is -0.131. The van der Waals surface area contributed by atoms with E-state index < -0.39 is 5.76 Å². The molecule has 0 spiro atoms. The van der Waals surface area contributed by atoms with Gasteiger partial charge in [-0.2, -0.15) is 5.10 Å². The second-order valence-electron chi connectivity index (χ2n) is 7.53. The van der Waals surface area contributed by atoms with E-state index in [4.69, 9.17) is 0 Å². The van der Waals surface area contributed by atoms with Gasteiger partial charge in [0.05, 0.1) is 0 Å². The summed E-state index contributed by atoms with van der Waals surface area (Å²) in [6, 6.07) is 2.03. The van der Waals surface area contributed by atoms with Crippen molar-refractivity contribution in [2.24, 2.45) is 11.8 Å². The third-order valence-corrected chi connectivity index (χ3v) is 5.12. The van der Waals surface area contributed by atoms with Crippen LogP contribution in [0.25, 0.3) is 0 Å². The molecule has 1 aliphatic carbocycles. The summed E-state index contributed by atoms with van der Waals surface area (Å²) in [5.74, 6) is 1.12. The van der Waals surface area contributed by atoms with Crippen LogP contribution in [0.5, 0.6) is 0 Å². The lowest BCUT2D eigenvalue weighted by atomic mass is 10.1. The highest BCUT2D eigenvalue weighted by molar-refractivity contribution is 5.83. The second-order valence-corrected chi connectivity index (χ2v) is 7.53. The molecule has 134 valence electrons. The Kier molecular flexibility index (Phi) is 3.97. The summed E-state index contributed by atoms with van der Waals surface area (Å²) in [4.78, 5) is 28.4. The number of carbonyl (C=O) groups excluding carboxylic acids is 1. The van der Waals surface area contributed by atoms with Gasteiger partial charge in [-0.1, -0.05) is 19.0 Å². The predicted molar refractivity (Wildman–Crippen MR) is 89.0 cm³/mol. The third-order valence-electron chi connectivity index (χ3n) is 5.12. The van der Waals surface area contributed by atoms with Crippen LogP contribution < -0.4 is 5.76 Å². The summed E-state index contributed by atoms with van der Waals surface area (Å²) in [5.41, 5.74) is 1.17. The Bertz CT molecular complexity index is 820. The van der Waals surface area contributed by atoms with Crippen LogP contribution >= 0.6 is 0 Å². The summed E-state index contributed by atoms with van der Waals surface area (Å²) >= 11 is 0. The number of H-pyrrole nitrogens is 1. The van der Waals surface area contributed by atoms with Gasteiger partial charge in [0.25, 0.3) is 0 Å². The third kappa shape index (κ3) is 3.12. The first-order chi connectivity index (χ1) is 12.0. The van der Waals surface area contributed by atoms with Crippen molar-refractivity contribution >= 4 is 5.91 Å². The van der Waals surface area contributed by atoms with Crippen LogP contribution in [-0.4, -0.2) is 43.8 Å². The molecule has 1 amide bonds. The number of carbonyl (C=O) groups is 1. The minimum Gasteiger partial charge on any atom is -0.342 e. The van der Waals surface area contributed by atoms with Gasteiger partial charge in [-0.05, 0) is 24.8 Å². The van der Waals surface area contributed by atoms with Crippen LogP contribution in [0.1, 0.15) is 50.0 Å². The molecule has 4 rings (SSSR count). The van der Waals surface area contributed by atoms with Gasteiger partial charge in [-0.3, -0.25) is 19.0 Å². The zero-order chi connectivity index (χ0) is 17.6. The molecular formula is C17H23N5O3. The summed E-state index contributed by atoms with van der Waals surface area (Å²) in [6.45, 7) is 6.51. The maximum atomic E-state index is 12.8. The number of nitrogens with zero attached hydrogens (tertiary/aromatic N) is 4. The molecule has 2 aromatic rings. The molecule has 8 heteroatoms. The van der Waals surface area contributed by atoms with Crippen LogP contribution in [0.15, 0.2) is 21.6 Å². The molecule has 1 N–H and O–H groups in total. The van der Waals surface area contributed by atoms with E-state index in [-0.39, 0.29) is 23.7 Å². The van der Waals surface area contributed by atoms with Crippen LogP contribution in [-0.2, 0) is 11.3 Å². The fourth-order valence-corrected chi connectivity index (χ4v) is 3.79. The number of rotatable bonds is 5. The minimum atomic E-state index is -0.541. The Morgan fingerprint density at radius 1 is 1.48 bits per heavy atom. The van der Waals surface area contributed by atoms with Crippen LogP contribution in [0.3, 0.4) is 0 Å². The van der Waals surface area contributed by atoms with E-state index in [0.717, 1.165) is 19.4 Å². The first-order valence-corrected chi connectivity index (χ1v) is 8.89. The van der Waals surface area contributed by atoms with Crippen LogP contribution in [0, 0.1) is 11.8 Å². The fraction of sp³-hybridized carbons (Fsp3) is 0.647. The number of aromatic nitrogens is 4. The van der Waals surface area contributed by atoms with E-state index >= 15 is 0 Å². The Labute approximate surface area is 145 Å². The van der Waals surface area contributed by atoms with E-state index in [1.165, 1.54) is 5.69 Å². The average molecular weight is 345 g/mol. The highest BCUT2D eigenvalue weighted by atomic mass is 16.5. The normalized spacial score (nSPS) is 25.7. The van der Waals surface area contributed by atoms with Gasteiger partial charge in [-0.25, -0.2) is 4.79 Å². The molecule has 3 atom stereocenters.